The van der Waals surface area contributed by atoms with E-state index in [1.54, 1.807) is 29.2 Å². The predicted octanol–water partition coefficient (Wildman–Crippen LogP) is 2.20. The molecule has 2 aliphatic heterocycles. The molecule has 26 heavy (non-hydrogen) atoms. The van der Waals surface area contributed by atoms with Crippen molar-refractivity contribution in [1.82, 2.24) is 9.47 Å². The van der Waals surface area contributed by atoms with Crippen LogP contribution in [0.3, 0.4) is 0 Å². The minimum Gasteiger partial charge on any atom is -0.478 e. The predicted molar refractivity (Wildman–Crippen MR) is 95.5 cm³/mol. The molecule has 0 saturated carbocycles. The molecule has 2 aliphatic rings. The van der Waals surface area contributed by atoms with Crippen LogP contribution in [0.5, 0.6) is 0 Å². The van der Waals surface area contributed by atoms with Crippen molar-refractivity contribution in [3.8, 4) is 0 Å². The maximum atomic E-state index is 12.7. The van der Waals surface area contributed by atoms with Crippen molar-refractivity contribution in [3.63, 3.8) is 0 Å². The van der Waals surface area contributed by atoms with Crippen LogP contribution < -0.4 is 10.9 Å². The molecule has 2 bridgehead atoms. The first-order valence-electron chi connectivity index (χ1n) is 8.60. The summed E-state index contributed by atoms with van der Waals surface area (Å²) >= 11 is 0. The second kappa shape index (κ2) is 6.33. The number of carboxylic acids is 1. The fraction of sp³-hybridized carbons (Fsp3) is 0.316. The second-order valence-corrected chi connectivity index (χ2v) is 6.92. The number of hydrogen-bond donors (Lipinski definition) is 2. The third kappa shape index (κ3) is 2.96. The number of fused-ring (bicyclic) bond motifs is 4. The summed E-state index contributed by atoms with van der Waals surface area (Å²) in [5.74, 6) is -0.638. The topological polar surface area (TPSA) is 91.6 Å². The van der Waals surface area contributed by atoms with E-state index in [-0.39, 0.29) is 29.0 Å². The first-order valence-corrected chi connectivity index (χ1v) is 8.60. The van der Waals surface area contributed by atoms with Crippen molar-refractivity contribution in [2.24, 2.45) is 5.92 Å². The Morgan fingerprint density at radius 3 is 2.69 bits per heavy atom. The molecular weight excluding hydrogens is 334 g/mol. The molecule has 4 rings (SSSR count). The Morgan fingerprint density at radius 1 is 1.08 bits per heavy atom. The number of carboxylic acid groups (broad SMARTS) is 1. The molecule has 7 heteroatoms. The van der Waals surface area contributed by atoms with Crippen LogP contribution in [0.2, 0.25) is 0 Å². The molecule has 3 heterocycles. The third-order valence-electron chi connectivity index (χ3n) is 5.13. The van der Waals surface area contributed by atoms with Crippen LogP contribution in [0.25, 0.3) is 0 Å². The van der Waals surface area contributed by atoms with Crippen LogP contribution in [0.15, 0.2) is 47.3 Å². The number of anilines is 1. The summed E-state index contributed by atoms with van der Waals surface area (Å²) in [4.78, 5) is 37.5. The van der Waals surface area contributed by atoms with Crippen molar-refractivity contribution < 1.29 is 14.7 Å². The van der Waals surface area contributed by atoms with Crippen molar-refractivity contribution in [1.29, 1.82) is 0 Å². The average Bonchev–Trinajstić information content (AvgIpc) is 2.62. The number of carbonyl (C=O) groups excluding carboxylic acids is 1. The van der Waals surface area contributed by atoms with Gasteiger partial charge in [-0.2, -0.15) is 0 Å². The van der Waals surface area contributed by atoms with Crippen molar-refractivity contribution >= 4 is 17.7 Å². The molecule has 1 aromatic heterocycles. The van der Waals surface area contributed by atoms with Crippen LogP contribution in [0, 0.1) is 5.92 Å². The Morgan fingerprint density at radius 2 is 1.88 bits per heavy atom. The number of amides is 2. The van der Waals surface area contributed by atoms with Gasteiger partial charge in [0.2, 0.25) is 0 Å². The molecule has 0 aliphatic carbocycles. The van der Waals surface area contributed by atoms with Gasteiger partial charge in [-0.3, -0.25) is 4.79 Å². The lowest BCUT2D eigenvalue weighted by molar-refractivity contribution is 0.0697. The summed E-state index contributed by atoms with van der Waals surface area (Å²) in [6.45, 7) is 1.76. The monoisotopic (exact) mass is 353 g/mol. The SMILES string of the molecule is O=C(O)c1cccc(NC(=O)N2C[C@H]3C[C@H](C2)c2cccc(=O)n2C3)c1. The van der Waals surface area contributed by atoms with Gasteiger partial charge in [-0.15, -0.1) is 0 Å². The van der Waals surface area contributed by atoms with Crippen LogP contribution in [-0.2, 0) is 6.54 Å². The Bertz CT molecular complexity index is 936. The second-order valence-electron chi connectivity index (χ2n) is 6.92. The maximum absolute atomic E-state index is 12.7. The molecule has 0 unspecified atom stereocenters. The summed E-state index contributed by atoms with van der Waals surface area (Å²) < 4.78 is 1.82. The zero-order valence-electron chi connectivity index (χ0n) is 14.1. The number of aromatic carboxylic acids is 1. The minimum atomic E-state index is -1.03. The molecule has 0 spiro atoms. The highest BCUT2D eigenvalue weighted by molar-refractivity contribution is 5.93. The standard InChI is InChI=1S/C19H19N3O4/c23-17-6-2-5-16-14-7-12(10-22(16)17)9-21(11-14)19(26)20-15-4-1-3-13(8-15)18(24)25/h1-6,8,12,14H,7,9-11H2,(H,20,26)(H,24,25)/t12-,14-/m1/s1. The number of pyridine rings is 1. The Balaban J connectivity index is 1.52. The van der Waals surface area contributed by atoms with Gasteiger partial charge in [0, 0.05) is 43.0 Å². The summed E-state index contributed by atoms with van der Waals surface area (Å²) in [5.41, 5.74) is 1.59. The van der Waals surface area contributed by atoms with E-state index in [1.807, 2.05) is 10.6 Å². The molecule has 2 aromatic rings. The average molecular weight is 353 g/mol. The normalized spacial score (nSPS) is 21.0. The number of nitrogens with one attached hydrogen (secondary N) is 1. The molecule has 2 amide bonds. The fourth-order valence-electron chi connectivity index (χ4n) is 3.99. The first kappa shape index (κ1) is 16.4. The van der Waals surface area contributed by atoms with Gasteiger partial charge in [-0.25, -0.2) is 9.59 Å². The van der Waals surface area contributed by atoms with E-state index in [9.17, 15) is 14.4 Å². The van der Waals surface area contributed by atoms with E-state index in [4.69, 9.17) is 5.11 Å². The number of piperidine rings is 1. The lowest BCUT2D eigenvalue weighted by Crippen LogP contribution is -2.50. The molecule has 2 N–H and O–H groups in total. The van der Waals surface area contributed by atoms with Crippen molar-refractivity contribution in [2.45, 2.75) is 18.9 Å². The molecule has 1 aromatic carbocycles. The molecule has 134 valence electrons. The van der Waals surface area contributed by atoms with E-state index in [0.717, 1.165) is 12.1 Å². The van der Waals surface area contributed by atoms with Gasteiger partial charge in [0.05, 0.1) is 5.56 Å². The minimum absolute atomic E-state index is 0.0144. The zero-order valence-corrected chi connectivity index (χ0v) is 14.1. The summed E-state index contributed by atoms with van der Waals surface area (Å²) in [5, 5.41) is 11.9. The third-order valence-corrected chi connectivity index (χ3v) is 5.13. The number of likely N-dealkylation sites (tertiary alicyclic amines) is 1. The van der Waals surface area contributed by atoms with Gasteiger partial charge >= 0.3 is 12.0 Å². The molecule has 7 nitrogen and oxygen atoms in total. The van der Waals surface area contributed by atoms with Gasteiger partial charge in [-0.05, 0) is 36.6 Å². The van der Waals surface area contributed by atoms with Gasteiger partial charge in [0.25, 0.3) is 5.56 Å². The lowest BCUT2D eigenvalue weighted by atomic mass is 9.83. The summed E-state index contributed by atoms with van der Waals surface area (Å²) in [6.07, 6.45) is 0.974. The number of rotatable bonds is 2. The number of urea groups is 1. The van der Waals surface area contributed by atoms with Gasteiger partial charge < -0.3 is 19.9 Å². The van der Waals surface area contributed by atoms with E-state index in [0.29, 0.717) is 25.3 Å². The van der Waals surface area contributed by atoms with Crippen LogP contribution in [0.1, 0.15) is 28.4 Å². The number of carbonyl (C=O) groups is 2. The van der Waals surface area contributed by atoms with Gasteiger partial charge in [0.1, 0.15) is 0 Å². The number of hydrogen-bond acceptors (Lipinski definition) is 3. The smallest absolute Gasteiger partial charge is 0.335 e. The highest BCUT2D eigenvalue weighted by atomic mass is 16.4. The van der Waals surface area contributed by atoms with Crippen molar-refractivity contribution in [2.75, 3.05) is 18.4 Å². The van der Waals surface area contributed by atoms with Crippen LogP contribution in [0.4, 0.5) is 10.5 Å². The quantitative estimate of drug-likeness (QED) is 0.866. The zero-order chi connectivity index (χ0) is 18.3. The highest BCUT2D eigenvalue weighted by Crippen LogP contribution is 2.35. The molecule has 2 atom stereocenters. The summed E-state index contributed by atoms with van der Waals surface area (Å²) in [7, 11) is 0. The molecule has 0 radical (unpaired) electrons. The van der Waals surface area contributed by atoms with Gasteiger partial charge in [0.15, 0.2) is 0 Å². The summed E-state index contributed by atoms with van der Waals surface area (Å²) in [6, 6.07) is 11.3. The molecule has 1 fully saturated rings. The molecular formula is C19H19N3O4. The number of nitrogens with zero attached hydrogens (tertiary/aromatic N) is 2. The van der Waals surface area contributed by atoms with E-state index >= 15 is 0 Å². The van der Waals surface area contributed by atoms with E-state index in [1.165, 1.54) is 12.1 Å². The number of aromatic nitrogens is 1. The van der Waals surface area contributed by atoms with Crippen LogP contribution >= 0.6 is 0 Å². The van der Waals surface area contributed by atoms with E-state index in [2.05, 4.69) is 5.32 Å². The maximum Gasteiger partial charge on any atom is 0.335 e. The Hall–Kier alpha value is -3.09. The Kier molecular flexibility index (Phi) is 3.99. The first-order chi connectivity index (χ1) is 12.5. The fourth-order valence-corrected chi connectivity index (χ4v) is 3.99. The van der Waals surface area contributed by atoms with Crippen molar-refractivity contribution in [3.05, 3.63) is 64.1 Å². The Labute approximate surface area is 149 Å². The number of benzene rings is 1. The molecule has 1 saturated heterocycles. The van der Waals surface area contributed by atoms with E-state index < -0.39 is 5.97 Å². The van der Waals surface area contributed by atoms with Gasteiger partial charge in [-0.1, -0.05) is 12.1 Å². The van der Waals surface area contributed by atoms with Crippen LogP contribution in [-0.4, -0.2) is 39.7 Å². The highest BCUT2D eigenvalue weighted by Gasteiger charge is 2.36. The largest absolute Gasteiger partial charge is 0.478 e. The lowest BCUT2D eigenvalue weighted by Gasteiger charge is -2.42.